The van der Waals surface area contributed by atoms with E-state index in [0.717, 1.165) is 30.5 Å². The third kappa shape index (κ3) is 5.20. The van der Waals surface area contributed by atoms with Crippen LogP contribution in [0.25, 0.3) is 0 Å². The van der Waals surface area contributed by atoms with E-state index in [1.807, 2.05) is 13.8 Å². The molecule has 0 aliphatic carbocycles. The zero-order chi connectivity index (χ0) is 19.5. The minimum atomic E-state index is -4.63. The van der Waals surface area contributed by atoms with E-state index in [1.165, 1.54) is 0 Å². The van der Waals surface area contributed by atoms with Crippen molar-refractivity contribution in [2.75, 3.05) is 26.2 Å². The molecule has 2 rings (SSSR count). The van der Waals surface area contributed by atoms with Gasteiger partial charge in [0.05, 0.1) is 24.0 Å². The summed E-state index contributed by atoms with van der Waals surface area (Å²) in [6, 6.07) is -0.488. The van der Waals surface area contributed by atoms with Crippen LogP contribution in [0.4, 0.5) is 13.2 Å². The van der Waals surface area contributed by atoms with Gasteiger partial charge in [0, 0.05) is 32.2 Å². The predicted octanol–water partition coefficient (Wildman–Crippen LogP) is 2.71. The summed E-state index contributed by atoms with van der Waals surface area (Å²) in [5, 5.41) is 6.31. The number of nitrogens with zero attached hydrogens (tertiary/aromatic N) is 3. The number of amides is 1. The standard InChI is InChI=1S/C17H27F3N4O2/c1-11(2)24-15(17(18,19)20)14(8-22-24)16(25)21-6-5-7-23-9-12(3)26-13(4)10-23/h8,11-13H,5-7,9-10H2,1-4H3,(H,21,25). The summed E-state index contributed by atoms with van der Waals surface area (Å²) in [5.41, 5.74) is -1.43. The third-order valence-electron chi connectivity index (χ3n) is 4.23. The number of aromatic nitrogens is 2. The van der Waals surface area contributed by atoms with Crippen molar-refractivity contribution in [3.8, 4) is 0 Å². The van der Waals surface area contributed by atoms with E-state index in [2.05, 4.69) is 15.3 Å². The Morgan fingerprint density at radius 3 is 2.50 bits per heavy atom. The van der Waals surface area contributed by atoms with Gasteiger partial charge < -0.3 is 10.1 Å². The number of hydrogen-bond donors (Lipinski definition) is 1. The molecule has 2 unspecified atom stereocenters. The van der Waals surface area contributed by atoms with E-state index < -0.39 is 29.4 Å². The van der Waals surface area contributed by atoms with Gasteiger partial charge in [-0.15, -0.1) is 0 Å². The SMILES string of the molecule is CC1CN(CCCNC(=O)c2cnn(C(C)C)c2C(F)(F)F)CC(C)O1. The van der Waals surface area contributed by atoms with E-state index in [4.69, 9.17) is 4.74 Å². The summed E-state index contributed by atoms with van der Waals surface area (Å²) in [6.07, 6.45) is -2.67. The maximum absolute atomic E-state index is 13.3. The Labute approximate surface area is 151 Å². The van der Waals surface area contributed by atoms with E-state index in [9.17, 15) is 18.0 Å². The van der Waals surface area contributed by atoms with Gasteiger partial charge in [-0.1, -0.05) is 0 Å². The highest BCUT2D eigenvalue weighted by Crippen LogP contribution is 2.33. The fourth-order valence-electron chi connectivity index (χ4n) is 3.27. The number of nitrogens with one attached hydrogen (secondary N) is 1. The van der Waals surface area contributed by atoms with E-state index >= 15 is 0 Å². The van der Waals surface area contributed by atoms with Crippen molar-refractivity contribution in [1.82, 2.24) is 20.0 Å². The van der Waals surface area contributed by atoms with Crippen molar-refractivity contribution in [3.63, 3.8) is 0 Å². The highest BCUT2D eigenvalue weighted by atomic mass is 19.4. The van der Waals surface area contributed by atoms with Crippen molar-refractivity contribution in [2.45, 2.75) is 58.5 Å². The largest absolute Gasteiger partial charge is 0.433 e. The molecular weight excluding hydrogens is 349 g/mol. The molecule has 1 amide bonds. The molecule has 1 N–H and O–H groups in total. The molecule has 1 fully saturated rings. The maximum atomic E-state index is 13.3. The van der Waals surface area contributed by atoms with Gasteiger partial charge in [-0.05, 0) is 34.1 Å². The van der Waals surface area contributed by atoms with E-state index in [0.29, 0.717) is 13.0 Å². The molecule has 1 aliphatic heterocycles. The number of carbonyl (C=O) groups is 1. The number of hydrogen-bond acceptors (Lipinski definition) is 4. The van der Waals surface area contributed by atoms with Gasteiger partial charge in [0.25, 0.3) is 5.91 Å². The molecule has 0 radical (unpaired) electrons. The zero-order valence-corrected chi connectivity index (χ0v) is 15.6. The van der Waals surface area contributed by atoms with Crippen LogP contribution in [0.3, 0.4) is 0 Å². The fraction of sp³-hybridized carbons (Fsp3) is 0.765. The molecular formula is C17H27F3N4O2. The Balaban J connectivity index is 1.90. The van der Waals surface area contributed by atoms with Gasteiger partial charge in [-0.2, -0.15) is 18.3 Å². The first-order chi connectivity index (χ1) is 12.1. The van der Waals surface area contributed by atoms with E-state index in [1.54, 1.807) is 13.8 Å². The molecule has 0 saturated carbocycles. The third-order valence-corrected chi connectivity index (χ3v) is 4.23. The second kappa shape index (κ2) is 8.39. The summed E-state index contributed by atoms with van der Waals surface area (Å²) < 4.78 is 46.4. The molecule has 6 nitrogen and oxygen atoms in total. The van der Waals surface area contributed by atoms with Crippen LogP contribution in [0.1, 0.15) is 56.2 Å². The summed E-state index contributed by atoms with van der Waals surface area (Å²) in [4.78, 5) is 14.4. The number of carbonyl (C=O) groups excluding carboxylic acids is 1. The fourth-order valence-corrected chi connectivity index (χ4v) is 3.27. The lowest BCUT2D eigenvalue weighted by Crippen LogP contribution is -2.46. The Hall–Kier alpha value is -1.61. The number of halogens is 3. The second-order valence-electron chi connectivity index (χ2n) is 7.07. The number of morpholine rings is 1. The normalized spacial score (nSPS) is 22.0. The lowest BCUT2D eigenvalue weighted by atomic mass is 10.2. The Morgan fingerprint density at radius 1 is 1.35 bits per heavy atom. The van der Waals surface area contributed by atoms with Gasteiger partial charge in [0.1, 0.15) is 0 Å². The quantitative estimate of drug-likeness (QED) is 0.776. The lowest BCUT2D eigenvalue weighted by molar-refractivity contribution is -0.145. The van der Waals surface area contributed by atoms with Crippen molar-refractivity contribution in [3.05, 3.63) is 17.5 Å². The zero-order valence-electron chi connectivity index (χ0n) is 15.6. The Morgan fingerprint density at radius 2 is 1.96 bits per heavy atom. The Bertz CT molecular complexity index is 606. The molecule has 2 atom stereocenters. The van der Waals surface area contributed by atoms with Gasteiger partial charge in [-0.3, -0.25) is 14.4 Å². The molecule has 1 saturated heterocycles. The molecule has 0 bridgehead atoms. The monoisotopic (exact) mass is 376 g/mol. The molecule has 2 heterocycles. The number of alkyl halides is 3. The lowest BCUT2D eigenvalue weighted by Gasteiger charge is -2.35. The average Bonchev–Trinajstić information content (AvgIpc) is 2.96. The topological polar surface area (TPSA) is 59.4 Å². The van der Waals surface area contributed by atoms with Gasteiger partial charge in [-0.25, -0.2) is 0 Å². The first kappa shape index (κ1) is 20.7. The molecule has 1 aromatic rings. The van der Waals surface area contributed by atoms with Crippen LogP contribution in [0.15, 0.2) is 6.20 Å². The van der Waals surface area contributed by atoms with Crippen molar-refractivity contribution >= 4 is 5.91 Å². The molecule has 148 valence electrons. The molecule has 0 aromatic carbocycles. The number of ether oxygens (including phenoxy) is 1. The smallest absolute Gasteiger partial charge is 0.373 e. The van der Waals surface area contributed by atoms with Gasteiger partial charge in [0.2, 0.25) is 0 Å². The highest BCUT2D eigenvalue weighted by molar-refractivity contribution is 5.95. The van der Waals surface area contributed by atoms with Crippen LogP contribution < -0.4 is 5.32 Å². The molecule has 9 heteroatoms. The van der Waals surface area contributed by atoms with Gasteiger partial charge >= 0.3 is 6.18 Å². The van der Waals surface area contributed by atoms with Crippen LogP contribution in [-0.4, -0.2) is 59.0 Å². The predicted molar refractivity (Wildman–Crippen MR) is 91.0 cm³/mol. The van der Waals surface area contributed by atoms with Crippen molar-refractivity contribution in [2.24, 2.45) is 0 Å². The van der Waals surface area contributed by atoms with Crippen LogP contribution in [0, 0.1) is 0 Å². The summed E-state index contributed by atoms with van der Waals surface area (Å²) in [5.74, 6) is -0.743. The first-order valence-corrected chi connectivity index (χ1v) is 8.90. The van der Waals surface area contributed by atoms with Gasteiger partial charge in [0.15, 0.2) is 5.69 Å². The van der Waals surface area contributed by atoms with Crippen LogP contribution in [-0.2, 0) is 10.9 Å². The Kier molecular flexibility index (Phi) is 6.68. The molecule has 26 heavy (non-hydrogen) atoms. The summed E-state index contributed by atoms with van der Waals surface area (Å²) in [7, 11) is 0. The summed E-state index contributed by atoms with van der Waals surface area (Å²) in [6.45, 7) is 9.90. The molecule has 0 spiro atoms. The maximum Gasteiger partial charge on any atom is 0.433 e. The van der Waals surface area contributed by atoms with Crippen LogP contribution in [0.2, 0.25) is 0 Å². The van der Waals surface area contributed by atoms with Crippen LogP contribution in [0.5, 0.6) is 0 Å². The molecule has 1 aromatic heterocycles. The second-order valence-corrected chi connectivity index (χ2v) is 7.07. The van der Waals surface area contributed by atoms with E-state index in [-0.39, 0.29) is 12.2 Å². The first-order valence-electron chi connectivity index (χ1n) is 8.90. The van der Waals surface area contributed by atoms with Crippen molar-refractivity contribution in [1.29, 1.82) is 0 Å². The summed E-state index contributed by atoms with van der Waals surface area (Å²) >= 11 is 0. The molecule has 1 aliphatic rings. The average molecular weight is 376 g/mol. The highest BCUT2D eigenvalue weighted by Gasteiger charge is 2.40. The number of rotatable bonds is 6. The van der Waals surface area contributed by atoms with Crippen molar-refractivity contribution < 1.29 is 22.7 Å². The minimum absolute atomic E-state index is 0.157. The minimum Gasteiger partial charge on any atom is -0.373 e. The van der Waals surface area contributed by atoms with Crippen LogP contribution >= 0.6 is 0 Å².